The number of ketones is 1. The summed E-state index contributed by atoms with van der Waals surface area (Å²) < 4.78 is 37.4. The monoisotopic (exact) mass is 350 g/mol. The Hall–Kier alpha value is -2.83. The van der Waals surface area contributed by atoms with Gasteiger partial charge in [-0.25, -0.2) is 0 Å². The maximum atomic E-state index is 12.5. The molecule has 2 aromatic rings. The molecule has 4 nitrogen and oxygen atoms in total. The minimum atomic E-state index is -4.40. The van der Waals surface area contributed by atoms with E-state index in [1.54, 1.807) is 24.3 Å². The SMILES string of the molecule is CC(=O)c1ccc(NCCC(=O)Nc2ccc(C(F)(F)F)cc2)cc1. The number of carbonyl (C=O) groups excluding carboxylic acids is 2. The van der Waals surface area contributed by atoms with Crippen molar-refractivity contribution in [2.24, 2.45) is 0 Å². The van der Waals surface area contributed by atoms with Gasteiger partial charge in [-0.15, -0.1) is 0 Å². The minimum Gasteiger partial charge on any atom is -0.385 e. The highest BCUT2D eigenvalue weighted by molar-refractivity contribution is 5.94. The molecule has 0 atom stereocenters. The van der Waals surface area contributed by atoms with Crippen LogP contribution in [-0.2, 0) is 11.0 Å². The van der Waals surface area contributed by atoms with Crippen LogP contribution in [0.3, 0.4) is 0 Å². The van der Waals surface area contributed by atoms with Gasteiger partial charge in [0.15, 0.2) is 5.78 Å². The van der Waals surface area contributed by atoms with E-state index >= 15 is 0 Å². The number of carbonyl (C=O) groups is 2. The van der Waals surface area contributed by atoms with E-state index in [-0.39, 0.29) is 18.1 Å². The predicted octanol–water partition coefficient (Wildman–Crippen LogP) is 4.35. The first-order valence-electron chi connectivity index (χ1n) is 7.58. The molecule has 0 aliphatic rings. The molecule has 0 bridgehead atoms. The number of hydrogen-bond acceptors (Lipinski definition) is 3. The Bertz CT molecular complexity index is 738. The Morgan fingerprint density at radius 1 is 0.920 bits per heavy atom. The molecule has 0 radical (unpaired) electrons. The van der Waals surface area contributed by atoms with E-state index in [1.165, 1.54) is 19.1 Å². The van der Waals surface area contributed by atoms with Crippen LogP contribution in [0, 0.1) is 0 Å². The third-order valence-corrected chi connectivity index (χ3v) is 3.47. The van der Waals surface area contributed by atoms with Crippen molar-refractivity contribution < 1.29 is 22.8 Å². The highest BCUT2D eigenvalue weighted by Gasteiger charge is 2.29. The Morgan fingerprint density at radius 3 is 2.00 bits per heavy atom. The zero-order chi connectivity index (χ0) is 18.4. The number of nitrogens with one attached hydrogen (secondary N) is 2. The summed E-state index contributed by atoms with van der Waals surface area (Å²) in [7, 11) is 0. The van der Waals surface area contributed by atoms with E-state index in [4.69, 9.17) is 0 Å². The van der Waals surface area contributed by atoms with Crippen LogP contribution in [0.1, 0.15) is 29.3 Å². The third-order valence-electron chi connectivity index (χ3n) is 3.47. The summed E-state index contributed by atoms with van der Waals surface area (Å²) in [4.78, 5) is 23.0. The fraction of sp³-hybridized carbons (Fsp3) is 0.222. The van der Waals surface area contributed by atoms with Gasteiger partial charge in [-0.05, 0) is 55.5 Å². The zero-order valence-corrected chi connectivity index (χ0v) is 13.5. The summed E-state index contributed by atoms with van der Waals surface area (Å²) in [5, 5.41) is 5.58. The first kappa shape index (κ1) is 18.5. The standard InChI is InChI=1S/C18H17F3N2O2/c1-12(24)13-2-6-15(7-3-13)22-11-10-17(25)23-16-8-4-14(5-9-16)18(19,20)21/h2-9,22H,10-11H2,1H3,(H,23,25). The van der Waals surface area contributed by atoms with Crippen molar-refractivity contribution >= 4 is 23.1 Å². The molecule has 0 fully saturated rings. The maximum absolute atomic E-state index is 12.5. The maximum Gasteiger partial charge on any atom is 0.416 e. The Labute approximate surface area is 143 Å². The van der Waals surface area contributed by atoms with Gasteiger partial charge in [0.05, 0.1) is 5.56 Å². The van der Waals surface area contributed by atoms with Gasteiger partial charge in [0.2, 0.25) is 5.91 Å². The molecule has 0 aliphatic carbocycles. The van der Waals surface area contributed by atoms with Gasteiger partial charge in [-0.1, -0.05) is 0 Å². The molecule has 2 N–H and O–H groups in total. The molecule has 0 unspecified atom stereocenters. The third kappa shape index (κ3) is 5.63. The number of anilines is 2. The van der Waals surface area contributed by atoms with Crippen molar-refractivity contribution in [3.8, 4) is 0 Å². The van der Waals surface area contributed by atoms with Crippen LogP contribution in [0.4, 0.5) is 24.5 Å². The number of rotatable bonds is 6. The molecular weight excluding hydrogens is 333 g/mol. The van der Waals surface area contributed by atoms with Crippen molar-refractivity contribution in [2.75, 3.05) is 17.2 Å². The Morgan fingerprint density at radius 2 is 1.48 bits per heavy atom. The summed E-state index contributed by atoms with van der Waals surface area (Å²) in [6.45, 7) is 1.83. The van der Waals surface area contributed by atoms with E-state index in [0.717, 1.165) is 17.8 Å². The van der Waals surface area contributed by atoms with E-state index < -0.39 is 11.7 Å². The lowest BCUT2D eigenvalue weighted by Gasteiger charge is -2.10. The molecule has 0 saturated carbocycles. The van der Waals surface area contributed by atoms with Crippen molar-refractivity contribution in [3.05, 3.63) is 59.7 Å². The number of amides is 1. The second-order valence-electron chi connectivity index (χ2n) is 5.43. The van der Waals surface area contributed by atoms with E-state index in [1.807, 2.05) is 0 Å². The van der Waals surface area contributed by atoms with Crippen molar-refractivity contribution in [1.82, 2.24) is 0 Å². The van der Waals surface area contributed by atoms with Crippen LogP contribution in [-0.4, -0.2) is 18.2 Å². The van der Waals surface area contributed by atoms with Gasteiger partial charge < -0.3 is 10.6 Å². The summed E-state index contributed by atoms with van der Waals surface area (Å²) in [6.07, 6.45) is -4.25. The molecule has 7 heteroatoms. The highest BCUT2D eigenvalue weighted by Crippen LogP contribution is 2.29. The van der Waals surface area contributed by atoms with Crippen LogP contribution in [0.5, 0.6) is 0 Å². The fourth-order valence-corrected chi connectivity index (χ4v) is 2.11. The molecule has 0 aliphatic heterocycles. The van der Waals surface area contributed by atoms with Gasteiger partial charge in [0.1, 0.15) is 0 Å². The second kappa shape index (κ2) is 7.83. The number of benzene rings is 2. The molecule has 0 saturated heterocycles. The topological polar surface area (TPSA) is 58.2 Å². The van der Waals surface area contributed by atoms with Crippen LogP contribution in [0.2, 0.25) is 0 Å². The molecule has 0 spiro atoms. The number of hydrogen-bond donors (Lipinski definition) is 2. The Balaban J connectivity index is 1.79. The highest BCUT2D eigenvalue weighted by atomic mass is 19.4. The molecule has 1 amide bonds. The van der Waals surface area contributed by atoms with Crippen LogP contribution < -0.4 is 10.6 Å². The fourth-order valence-electron chi connectivity index (χ4n) is 2.11. The number of halogens is 3. The largest absolute Gasteiger partial charge is 0.416 e. The normalized spacial score (nSPS) is 11.0. The summed E-state index contributed by atoms with van der Waals surface area (Å²) in [5.74, 6) is -0.338. The molecule has 2 rings (SSSR count). The van der Waals surface area contributed by atoms with Crippen LogP contribution in [0.15, 0.2) is 48.5 Å². The summed E-state index contributed by atoms with van der Waals surface area (Å²) in [5.41, 5.74) is 0.919. The quantitative estimate of drug-likeness (QED) is 0.762. The Kier molecular flexibility index (Phi) is 5.80. The lowest BCUT2D eigenvalue weighted by Crippen LogP contribution is -2.16. The lowest BCUT2D eigenvalue weighted by molar-refractivity contribution is -0.137. The molecular formula is C18H17F3N2O2. The molecule has 132 valence electrons. The van der Waals surface area contributed by atoms with E-state index in [0.29, 0.717) is 17.8 Å². The number of Topliss-reactive ketones (excluding diaryl/α,β-unsaturated/α-hetero) is 1. The summed E-state index contributed by atoms with van der Waals surface area (Å²) in [6, 6.07) is 11.1. The molecule has 2 aromatic carbocycles. The molecule has 0 aromatic heterocycles. The second-order valence-corrected chi connectivity index (χ2v) is 5.43. The smallest absolute Gasteiger partial charge is 0.385 e. The van der Waals surface area contributed by atoms with Crippen LogP contribution in [0.25, 0.3) is 0 Å². The van der Waals surface area contributed by atoms with Gasteiger partial charge in [-0.2, -0.15) is 13.2 Å². The molecule has 0 heterocycles. The van der Waals surface area contributed by atoms with Gasteiger partial charge in [0.25, 0.3) is 0 Å². The minimum absolute atomic E-state index is 0.0255. The summed E-state index contributed by atoms with van der Waals surface area (Å²) >= 11 is 0. The predicted molar refractivity (Wildman–Crippen MR) is 89.6 cm³/mol. The van der Waals surface area contributed by atoms with Gasteiger partial charge in [0, 0.05) is 29.9 Å². The first-order valence-corrected chi connectivity index (χ1v) is 7.58. The van der Waals surface area contributed by atoms with Crippen molar-refractivity contribution in [3.63, 3.8) is 0 Å². The van der Waals surface area contributed by atoms with Gasteiger partial charge in [-0.3, -0.25) is 9.59 Å². The van der Waals surface area contributed by atoms with Gasteiger partial charge >= 0.3 is 6.18 Å². The van der Waals surface area contributed by atoms with E-state index in [2.05, 4.69) is 10.6 Å². The molecule has 25 heavy (non-hydrogen) atoms. The average molecular weight is 350 g/mol. The van der Waals surface area contributed by atoms with Crippen LogP contribution >= 0.6 is 0 Å². The van der Waals surface area contributed by atoms with E-state index in [9.17, 15) is 22.8 Å². The zero-order valence-electron chi connectivity index (χ0n) is 13.5. The first-order chi connectivity index (χ1) is 11.8. The lowest BCUT2D eigenvalue weighted by atomic mass is 10.1. The average Bonchev–Trinajstić information content (AvgIpc) is 2.55. The van der Waals surface area contributed by atoms with Crippen molar-refractivity contribution in [2.45, 2.75) is 19.5 Å². The van der Waals surface area contributed by atoms with Crippen molar-refractivity contribution in [1.29, 1.82) is 0 Å². The number of alkyl halides is 3.